The minimum absolute atomic E-state index is 0.250. The van der Waals surface area contributed by atoms with Crippen LogP contribution in [0.4, 0.5) is 0 Å². The predicted octanol–water partition coefficient (Wildman–Crippen LogP) is 2.70. The molecule has 2 saturated carbocycles. The highest BCUT2D eigenvalue weighted by Gasteiger charge is 2.58. The molecule has 1 N–H and O–H groups in total. The van der Waals surface area contributed by atoms with Crippen LogP contribution in [0.15, 0.2) is 0 Å². The van der Waals surface area contributed by atoms with Gasteiger partial charge in [0.25, 0.3) is 6.47 Å². The molecular weight excluding hydrogens is 256 g/mol. The SMILES string of the molecule is CC1CC2OC2CC1C1(C)CC2OC2CC1C.O=CO. The normalized spacial score (nSPS) is 55.6. The summed E-state index contributed by atoms with van der Waals surface area (Å²) in [5.41, 5.74) is 0.494. The first kappa shape index (κ1) is 14.3. The number of fused-ring (bicyclic) bond motifs is 2. The van der Waals surface area contributed by atoms with Crippen LogP contribution in [0.5, 0.6) is 0 Å². The third-order valence-corrected chi connectivity index (χ3v) is 6.35. The molecule has 2 aliphatic heterocycles. The summed E-state index contributed by atoms with van der Waals surface area (Å²) in [6, 6.07) is 0. The second-order valence-corrected chi connectivity index (χ2v) is 7.43. The second-order valence-electron chi connectivity index (χ2n) is 7.43. The molecule has 4 aliphatic rings. The second kappa shape index (κ2) is 4.99. The van der Waals surface area contributed by atoms with Gasteiger partial charge in [-0.2, -0.15) is 0 Å². The monoisotopic (exact) mass is 282 g/mol. The van der Waals surface area contributed by atoms with Crippen molar-refractivity contribution in [3.63, 3.8) is 0 Å². The van der Waals surface area contributed by atoms with E-state index in [2.05, 4.69) is 20.8 Å². The average molecular weight is 282 g/mol. The zero-order valence-corrected chi connectivity index (χ0v) is 12.6. The summed E-state index contributed by atoms with van der Waals surface area (Å²) >= 11 is 0. The summed E-state index contributed by atoms with van der Waals surface area (Å²) in [6.07, 6.45) is 7.64. The Morgan fingerprint density at radius 1 is 1.05 bits per heavy atom. The fraction of sp³-hybridized carbons (Fsp3) is 0.938. The quantitative estimate of drug-likeness (QED) is 0.593. The van der Waals surface area contributed by atoms with E-state index < -0.39 is 0 Å². The molecule has 8 unspecified atom stereocenters. The van der Waals surface area contributed by atoms with Crippen LogP contribution >= 0.6 is 0 Å². The van der Waals surface area contributed by atoms with Crippen LogP contribution in [-0.4, -0.2) is 36.0 Å². The van der Waals surface area contributed by atoms with E-state index in [1.807, 2.05) is 0 Å². The molecule has 20 heavy (non-hydrogen) atoms. The minimum Gasteiger partial charge on any atom is -0.483 e. The van der Waals surface area contributed by atoms with Crippen molar-refractivity contribution in [3.8, 4) is 0 Å². The van der Waals surface area contributed by atoms with Crippen molar-refractivity contribution in [2.45, 2.75) is 70.9 Å². The molecule has 8 atom stereocenters. The summed E-state index contributed by atoms with van der Waals surface area (Å²) in [5.74, 6) is 2.50. The van der Waals surface area contributed by atoms with Gasteiger partial charge in [0.15, 0.2) is 0 Å². The molecule has 4 nitrogen and oxygen atoms in total. The molecule has 4 fully saturated rings. The van der Waals surface area contributed by atoms with Crippen molar-refractivity contribution < 1.29 is 19.4 Å². The highest BCUT2D eigenvalue weighted by atomic mass is 16.6. The highest BCUT2D eigenvalue weighted by molar-refractivity contribution is 5.32. The average Bonchev–Trinajstić information content (AvgIpc) is 3.25. The van der Waals surface area contributed by atoms with Gasteiger partial charge in [-0.05, 0) is 48.9 Å². The number of carboxylic acid groups (broad SMARTS) is 1. The highest BCUT2D eigenvalue weighted by Crippen LogP contribution is 2.59. The summed E-state index contributed by atoms with van der Waals surface area (Å²) in [5, 5.41) is 6.89. The Labute approximate surface area is 120 Å². The van der Waals surface area contributed by atoms with Crippen LogP contribution in [0.2, 0.25) is 0 Å². The van der Waals surface area contributed by atoms with Crippen LogP contribution < -0.4 is 0 Å². The first-order chi connectivity index (χ1) is 9.49. The fourth-order valence-corrected chi connectivity index (χ4v) is 4.86. The van der Waals surface area contributed by atoms with Crippen molar-refractivity contribution in [1.82, 2.24) is 0 Å². The van der Waals surface area contributed by atoms with E-state index in [0.29, 0.717) is 29.8 Å². The van der Waals surface area contributed by atoms with Crippen LogP contribution in [-0.2, 0) is 14.3 Å². The molecule has 2 saturated heterocycles. The van der Waals surface area contributed by atoms with Gasteiger partial charge in [-0.3, -0.25) is 4.79 Å². The molecule has 0 spiro atoms. The van der Waals surface area contributed by atoms with Gasteiger partial charge in [0.1, 0.15) is 0 Å². The van der Waals surface area contributed by atoms with Gasteiger partial charge in [-0.25, -0.2) is 0 Å². The molecule has 0 amide bonds. The minimum atomic E-state index is -0.250. The Bertz CT molecular complexity index is 385. The van der Waals surface area contributed by atoms with E-state index in [-0.39, 0.29) is 6.47 Å². The number of ether oxygens (including phenoxy) is 2. The standard InChI is InChI=1S/C15H24O2.CH2O2/c1-8-4-11-13(16-11)6-10(8)15(3)7-14-12(17-14)5-9(15)2;2-1-3/h8-14H,4-7H2,1-3H3;1H,(H,2,3). The fourth-order valence-electron chi connectivity index (χ4n) is 4.86. The third kappa shape index (κ3) is 2.37. The molecule has 4 rings (SSSR count). The smallest absolute Gasteiger partial charge is 0.290 e. The predicted molar refractivity (Wildman–Crippen MR) is 74.4 cm³/mol. The van der Waals surface area contributed by atoms with Gasteiger partial charge in [0, 0.05) is 0 Å². The maximum Gasteiger partial charge on any atom is 0.290 e. The summed E-state index contributed by atoms with van der Waals surface area (Å²) in [7, 11) is 0. The lowest BCUT2D eigenvalue weighted by Gasteiger charge is -2.48. The van der Waals surface area contributed by atoms with Crippen LogP contribution in [0.1, 0.15) is 46.5 Å². The lowest BCUT2D eigenvalue weighted by Crippen LogP contribution is -2.44. The lowest BCUT2D eigenvalue weighted by molar-refractivity contribution is -0.122. The van der Waals surface area contributed by atoms with Gasteiger partial charge in [-0.15, -0.1) is 0 Å². The van der Waals surface area contributed by atoms with E-state index in [1.54, 1.807) is 0 Å². The number of hydrogen-bond acceptors (Lipinski definition) is 3. The van der Waals surface area contributed by atoms with E-state index >= 15 is 0 Å². The van der Waals surface area contributed by atoms with E-state index in [1.165, 1.54) is 25.7 Å². The van der Waals surface area contributed by atoms with Gasteiger partial charge >= 0.3 is 0 Å². The number of carbonyl (C=O) groups is 1. The third-order valence-electron chi connectivity index (χ3n) is 6.35. The van der Waals surface area contributed by atoms with Crippen LogP contribution in [0.25, 0.3) is 0 Å². The Kier molecular flexibility index (Phi) is 3.57. The number of hydrogen-bond donors (Lipinski definition) is 1. The maximum absolute atomic E-state index is 8.36. The topological polar surface area (TPSA) is 62.4 Å². The summed E-state index contributed by atoms with van der Waals surface area (Å²) < 4.78 is 11.5. The molecule has 0 bridgehead atoms. The first-order valence-electron chi connectivity index (χ1n) is 7.88. The van der Waals surface area contributed by atoms with Crippen LogP contribution in [0.3, 0.4) is 0 Å². The van der Waals surface area contributed by atoms with Crippen molar-refractivity contribution >= 4 is 6.47 Å². The molecule has 114 valence electrons. The number of rotatable bonds is 1. The van der Waals surface area contributed by atoms with Crippen molar-refractivity contribution in [1.29, 1.82) is 0 Å². The van der Waals surface area contributed by atoms with Gasteiger partial charge in [0.05, 0.1) is 24.4 Å². The van der Waals surface area contributed by atoms with Crippen LogP contribution in [0, 0.1) is 23.2 Å². The van der Waals surface area contributed by atoms with Gasteiger partial charge < -0.3 is 14.6 Å². The van der Waals surface area contributed by atoms with Crippen molar-refractivity contribution in [2.75, 3.05) is 0 Å². The Hall–Kier alpha value is -0.610. The Morgan fingerprint density at radius 3 is 2.30 bits per heavy atom. The molecular formula is C16H26O4. The molecule has 0 radical (unpaired) electrons. The zero-order chi connectivity index (χ0) is 14.5. The van der Waals surface area contributed by atoms with Gasteiger partial charge in [0.2, 0.25) is 0 Å². The van der Waals surface area contributed by atoms with Gasteiger partial charge in [-0.1, -0.05) is 20.8 Å². The summed E-state index contributed by atoms with van der Waals surface area (Å²) in [6.45, 7) is 7.17. The van der Waals surface area contributed by atoms with Crippen molar-refractivity contribution in [3.05, 3.63) is 0 Å². The van der Waals surface area contributed by atoms with E-state index in [4.69, 9.17) is 19.4 Å². The largest absolute Gasteiger partial charge is 0.483 e. The number of epoxide rings is 2. The maximum atomic E-state index is 8.36. The van der Waals surface area contributed by atoms with E-state index in [9.17, 15) is 0 Å². The molecule has 0 aromatic heterocycles. The molecule has 4 heteroatoms. The Balaban J connectivity index is 0.000000373. The molecule has 2 aliphatic carbocycles. The molecule has 0 aromatic carbocycles. The molecule has 2 heterocycles. The first-order valence-corrected chi connectivity index (χ1v) is 7.88. The zero-order valence-electron chi connectivity index (χ0n) is 12.6. The summed E-state index contributed by atoms with van der Waals surface area (Å²) in [4.78, 5) is 8.36. The van der Waals surface area contributed by atoms with Crippen molar-refractivity contribution in [2.24, 2.45) is 23.2 Å². The Morgan fingerprint density at radius 2 is 1.60 bits per heavy atom. The molecule has 0 aromatic rings. The van der Waals surface area contributed by atoms with E-state index in [0.717, 1.165) is 17.8 Å². The lowest BCUT2D eigenvalue weighted by atomic mass is 9.56.